The maximum atomic E-state index is 6.43. The number of thiazole rings is 1. The van der Waals surface area contributed by atoms with E-state index in [0.29, 0.717) is 12.1 Å². The van der Waals surface area contributed by atoms with Crippen molar-refractivity contribution in [3.05, 3.63) is 29.3 Å². The molecular weight excluding hydrogens is 386 g/mol. The van der Waals surface area contributed by atoms with Crippen LogP contribution in [-0.4, -0.2) is 66.3 Å². The molecule has 0 radical (unpaired) electrons. The number of fused-ring (bicyclic) bond motifs is 3. The average molecular weight is 412 g/mol. The smallest absolute Gasteiger partial charge is 0.298 e. The fraction of sp³-hybridized carbons (Fsp3) is 0.524. The minimum atomic E-state index is 0.551. The molecule has 3 saturated heterocycles. The van der Waals surface area contributed by atoms with Gasteiger partial charge in [0.15, 0.2) is 5.58 Å². The standard InChI is InChI=1S/C21H25N5O2S/c1-4-17(20-22-5-10-29-20)19-18(14(1)11-25-6-8-27-9-7-25)24-21(28-19)26-12-15-2-3-16(13-26)23-15/h1,4-5,10,15-16,23H,2-3,6-9,11-13H2. The van der Waals surface area contributed by atoms with Gasteiger partial charge >= 0.3 is 0 Å². The SMILES string of the molecule is c1csc(-c2ccc(CN3CCOCC3)c3nc(N4CC5CCC(C4)N5)oc23)n1. The number of anilines is 1. The highest BCUT2D eigenvalue weighted by Crippen LogP contribution is 2.36. The highest BCUT2D eigenvalue weighted by Gasteiger charge is 2.34. The lowest BCUT2D eigenvalue weighted by atomic mass is 10.1. The first kappa shape index (κ1) is 17.8. The summed E-state index contributed by atoms with van der Waals surface area (Å²) in [4.78, 5) is 14.3. The number of hydrogen-bond donors (Lipinski definition) is 1. The fourth-order valence-electron chi connectivity index (χ4n) is 4.79. The number of aromatic nitrogens is 2. The molecule has 5 heterocycles. The Bertz CT molecular complexity index is 986. The summed E-state index contributed by atoms with van der Waals surface area (Å²) in [6.07, 6.45) is 4.33. The first-order valence-electron chi connectivity index (χ1n) is 10.5. The van der Waals surface area contributed by atoms with Gasteiger partial charge in [-0.3, -0.25) is 4.90 Å². The summed E-state index contributed by atoms with van der Waals surface area (Å²) in [5.74, 6) is 0. The third-order valence-electron chi connectivity index (χ3n) is 6.26. The van der Waals surface area contributed by atoms with Gasteiger partial charge in [0, 0.05) is 56.4 Å². The molecule has 0 saturated carbocycles. The Morgan fingerprint density at radius 1 is 1.14 bits per heavy atom. The van der Waals surface area contributed by atoms with E-state index in [-0.39, 0.29) is 0 Å². The van der Waals surface area contributed by atoms with E-state index in [4.69, 9.17) is 14.1 Å². The van der Waals surface area contributed by atoms with E-state index in [1.807, 2.05) is 11.6 Å². The molecule has 3 fully saturated rings. The fourth-order valence-corrected chi connectivity index (χ4v) is 5.45. The van der Waals surface area contributed by atoms with E-state index < -0.39 is 0 Å². The number of morpholine rings is 1. The first-order valence-corrected chi connectivity index (χ1v) is 11.3. The molecule has 29 heavy (non-hydrogen) atoms. The second-order valence-electron chi connectivity index (χ2n) is 8.22. The van der Waals surface area contributed by atoms with Gasteiger partial charge in [-0.15, -0.1) is 11.3 Å². The molecule has 152 valence electrons. The maximum absolute atomic E-state index is 6.43. The number of hydrogen-bond acceptors (Lipinski definition) is 8. The Morgan fingerprint density at radius 2 is 1.97 bits per heavy atom. The summed E-state index contributed by atoms with van der Waals surface area (Å²) in [5, 5.41) is 6.68. The molecule has 2 unspecified atom stereocenters. The molecule has 3 aromatic rings. The van der Waals surface area contributed by atoms with Crippen LogP contribution in [0.5, 0.6) is 0 Å². The maximum Gasteiger partial charge on any atom is 0.298 e. The van der Waals surface area contributed by atoms with Gasteiger partial charge in [0.05, 0.1) is 18.8 Å². The van der Waals surface area contributed by atoms with Crippen LogP contribution in [0.25, 0.3) is 21.7 Å². The number of oxazole rings is 1. The Hall–Kier alpha value is -2.00. The summed E-state index contributed by atoms with van der Waals surface area (Å²) in [7, 11) is 0. The zero-order valence-electron chi connectivity index (χ0n) is 16.3. The van der Waals surface area contributed by atoms with E-state index in [1.165, 1.54) is 18.4 Å². The van der Waals surface area contributed by atoms with E-state index in [9.17, 15) is 0 Å². The monoisotopic (exact) mass is 411 g/mol. The van der Waals surface area contributed by atoms with Crippen LogP contribution in [0.1, 0.15) is 18.4 Å². The van der Waals surface area contributed by atoms with Gasteiger partial charge in [-0.1, -0.05) is 6.07 Å². The molecule has 1 aromatic carbocycles. The summed E-state index contributed by atoms with van der Waals surface area (Å²) in [6, 6.07) is 6.20. The number of benzene rings is 1. The second kappa shape index (κ2) is 7.36. The van der Waals surface area contributed by atoms with Gasteiger partial charge in [-0.25, -0.2) is 4.98 Å². The normalized spacial score (nSPS) is 25.2. The zero-order valence-corrected chi connectivity index (χ0v) is 17.2. The number of nitrogens with one attached hydrogen (secondary N) is 1. The Balaban J connectivity index is 1.40. The van der Waals surface area contributed by atoms with Crippen molar-refractivity contribution in [2.75, 3.05) is 44.3 Å². The molecule has 2 aromatic heterocycles. The minimum Gasteiger partial charge on any atom is -0.423 e. The van der Waals surface area contributed by atoms with Gasteiger partial charge in [0.2, 0.25) is 0 Å². The molecule has 2 bridgehead atoms. The number of rotatable bonds is 4. The lowest BCUT2D eigenvalue weighted by Crippen LogP contribution is -2.51. The van der Waals surface area contributed by atoms with Crippen molar-refractivity contribution in [2.24, 2.45) is 0 Å². The number of ether oxygens (including phenoxy) is 1. The molecule has 8 heteroatoms. The Labute approximate surface area is 173 Å². The predicted octanol–water partition coefficient (Wildman–Crippen LogP) is 2.72. The molecule has 0 amide bonds. The summed E-state index contributed by atoms with van der Waals surface area (Å²) >= 11 is 1.64. The topological polar surface area (TPSA) is 66.7 Å². The highest BCUT2D eigenvalue weighted by molar-refractivity contribution is 7.13. The van der Waals surface area contributed by atoms with Crippen molar-refractivity contribution < 1.29 is 9.15 Å². The van der Waals surface area contributed by atoms with Gasteiger partial charge in [0.25, 0.3) is 6.01 Å². The highest BCUT2D eigenvalue weighted by atomic mass is 32.1. The molecule has 0 aliphatic carbocycles. The molecular formula is C21H25N5O2S. The van der Waals surface area contributed by atoms with Gasteiger partial charge < -0.3 is 19.4 Å². The summed E-state index contributed by atoms with van der Waals surface area (Å²) in [6.45, 7) is 6.32. The summed E-state index contributed by atoms with van der Waals surface area (Å²) in [5.41, 5.74) is 4.10. The second-order valence-corrected chi connectivity index (χ2v) is 9.11. The molecule has 7 nitrogen and oxygen atoms in total. The van der Waals surface area contributed by atoms with E-state index >= 15 is 0 Å². The van der Waals surface area contributed by atoms with Crippen LogP contribution in [0, 0.1) is 0 Å². The van der Waals surface area contributed by atoms with Crippen LogP contribution in [0.2, 0.25) is 0 Å². The van der Waals surface area contributed by atoms with Crippen LogP contribution >= 0.6 is 11.3 Å². The Kier molecular flexibility index (Phi) is 4.52. The van der Waals surface area contributed by atoms with Crippen molar-refractivity contribution in [2.45, 2.75) is 31.5 Å². The molecule has 3 aliphatic rings. The van der Waals surface area contributed by atoms with Crippen molar-refractivity contribution >= 4 is 28.5 Å². The first-order chi connectivity index (χ1) is 14.3. The van der Waals surface area contributed by atoms with Crippen molar-refractivity contribution in [1.82, 2.24) is 20.2 Å². The zero-order chi connectivity index (χ0) is 19.2. The van der Waals surface area contributed by atoms with Gasteiger partial charge in [0.1, 0.15) is 10.5 Å². The van der Waals surface area contributed by atoms with E-state index in [0.717, 1.165) is 73.6 Å². The van der Waals surface area contributed by atoms with Crippen LogP contribution in [-0.2, 0) is 11.3 Å². The van der Waals surface area contributed by atoms with E-state index in [2.05, 4.69) is 32.2 Å². The van der Waals surface area contributed by atoms with Crippen molar-refractivity contribution in [3.63, 3.8) is 0 Å². The molecule has 1 N–H and O–H groups in total. The third-order valence-corrected chi connectivity index (χ3v) is 7.07. The number of nitrogens with zero attached hydrogens (tertiary/aromatic N) is 4. The van der Waals surface area contributed by atoms with Crippen molar-refractivity contribution in [3.8, 4) is 10.6 Å². The largest absolute Gasteiger partial charge is 0.423 e. The number of piperazine rings is 1. The van der Waals surface area contributed by atoms with Crippen molar-refractivity contribution in [1.29, 1.82) is 0 Å². The molecule has 0 spiro atoms. The predicted molar refractivity (Wildman–Crippen MR) is 113 cm³/mol. The lowest BCUT2D eigenvalue weighted by molar-refractivity contribution is 0.0343. The third kappa shape index (κ3) is 3.34. The van der Waals surface area contributed by atoms with E-state index in [1.54, 1.807) is 11.3 Å². The van der Waals surface area contributed by atoms with Gasteiger partial charge in [-0.2, -0.15) is 4.98 Å². The minimum absolute atomic E-state index is 0.551. The van der Waals surface area contributed by atoms with Crippen LogP contribution < -0.4 is 10.2 Å². The average Bonchev–Trinajstić information content (AvgIpc) is 3.49. The summed E-state index contributed by atoms with van der Waals surface area (Å²) < 4.78 is 11.9. The Morgan fingerprint density at radius 3 is 2.72 bits per heavy atom. The van der Waals surface area contributed by atoms with Crippen LogP contribution in [0.15, 0.2) is 28.1 Å². The van der Waals surface area contributed by atoms with Gasteiger partial charge in [-0.05, 0) is 24.5 Å². The lowest BCUT2D eigenvalue weighted by Gasteiger charge is -2.31. The van der Waals surface area contributed by atoms with Crippen LogP contribution in [0.4, 0.5) is 6.01 Å². The molecule has 6 rings (SSSR count). The quantitative estimate of drug-likeness (QED) is 0.708. The molecule has 2 atom stereocenters. The molecule has 3 aliphatic heterocycles. The van der Waals surface area contributed by atoms with Crippen LogP contribution in [0.3, 0.4) is 0 Å².